The summed E-state index contributed by atoms with van der Waals surface area (Å²) >= 11 is 0. The van der Waals surface area contributed by atoms with E-state index >= 15 is 0 Å². The highest BCUT2D eigenvalue weighted by molar-refractivity contribution is 5.98. The lowest BCUT2D eigenvalue weighted by Crippen LogP contribution is -2.08. The van der Waals surface area contributed by atoms with Gasteiger partial charge < -0.3 is 9.84 Å². The van der Waals surface area contributed by atoms with Crippen LogP contribution in [0.5, 0.6) is 5.75 Å². The maximum atomic E-state index is 11.8. The molecular formula is C20H15N3O3. The van der Waals surface area contributed by atoms with Crippen molar-refractivity contribution in [1.29, 1.82) is 0 Å². The van der Waals surface area contributed by atoms with Gasteiger partial charge in [-0.3, -0.25) is 0 Å². The smallest absolute Gasteiger partial charge is 0.343 e. The minimum absolute atomic E-state index is 0.00175. The third-order valence-electron chi connectivity index (χ3n) is 4.03. The fourth-order valence-corrected chi connectivity index (χ4v) is 2.82. The first-order valence-corrected chi connectivity index (χ1v) is 8.06. The maximum absolute atomic E-state index is 11.8. The Balaban J connectivity index is 1.84. The van der Waals surface area contributed by atoms with Crippen molar-refractivity contribution >= 4 is 11.6 Å². The summed E-state index contributed by atoms with van der Waals surface area (Å²) in [5.41, 5.74) is 2.81. The van der Waals surface area contributed by atoms with Gasteiger partial charge in [-0.15, -0.1) is 0 Å². The molecule has 2 aromatic heterocycles. The summed E-state index contributed by atoms with van der Waals surface area (Å²) in [5, 5.41) is 13.9. The molecular weight excluding hydrogens is 330 g/mol. The third kappa shape index (κ3) is 2.88. The van der Waals surface area contributed by atoms with Gasteiger partial charge in [0.2, 0.25) is 0 Å². The highest BCUT2D eigenvalue weighted by atomic mass is 16.5. The number of pyridine rings is 1. The molecule has 0 saturated heterocycles. The Morgan fingerprint density at radius 3 is 2.42 bits per heavy atom. The van der Waals surface area contributed by atoms with Crippen molar-refractivity contribution in [3.63, 3.8) is 0 Å². The third-order valence-corrected chi connectivity index (χ3v) is 4.03. The van der Waals surface area contributed by atoms with E-state index in [1.54, 1.807) is 6.07 Å². The van der Waals surface area contributed by atoms with Crippen LogP contribution >= 0.6 is 0 Å². The average Bonchev–Trinajstić information content (AvgIpc) is 3.16. The molecule has 6 heteroatoms. The van der Waals surface area contributed by atoms with Gasteiger partial charge in [-0.2, -0.15) is 5.10 Å². The Morgan fingerprint density at radius 2 is 1.73 bits per heavy atom. The van der Waals surface area contributed by atoms with Gasteiger partial charge in [-0.05, 0) is 5.56 Å². The van der Waals surface area contributed by atoms with Crippen molar-refractivity contribution in [3.8, 4) is 17.0 Å². The SMILES string of the molecule is O=C(O)c1c(OCc2ccccc2)cc(-c2ccccc2)n2ncnc12. The molecule has 6 nitrogen and oxygen atoms in total. The minimum Gasteiger partial charge on any atom is -0.488 e. The molecule has 4 aromatic rings. The van der Waals surface area contributed by atoms with Crippen LogP contribution in [0.1, 0.15) is 15.9 Å². The molecule has 0 unspecified atom stereocenters. The zero-order chi connectivity index (χ0) is 17.9. The zero-order valence-electron chi connectivity index (χ0n) is 13.7. The van der Waals surface area contributed by atoms with Crippen LogP contribution in [0.2, 0.25) is 0 Å². The summed E-state index contributed by atoms with van der Waals surface area (Å²) in [6.07, 6.45) is 1.34. The van der Waals surface area contributed by atoms with Gasteiger partial charge >= 0.3 is 5.97 Å². The van der Waals surface area contributed by atoms with Gasteiger partial charge in [-0.1, -0.05) is 60.7 Å². The van der Waals surface area contributed by atoms with Gasteiger partial charge in [-0.25, -0.2) is 14.3 Å². The Kier molecular flexibility index (Phi) is 4.07. The molecule has 0 fully saturated rings. The molecule has 2 heterocycles. The topological polar surface area (TPSA) is 76.7 Å². The number of carboxylic acids is 1. The number of carboxylic acid groups (broad SMARTS) is 1. The first-order valence-electron chi connectivity index (χ1n) is 8.06. The Labute approximate surface area is 149 Å². The average molecular weight is 345 g/mol. The standard InChI is InChI=1S/C20H15N3O3/c24-20(25)18-17(26-12-14-7-3-1-4-8-14)11-16(15-9-5-2-6-10-15)23-19(18)21-13-22-23/h1-11,13H,12H2,(H,24,25). The van der Waals surface area contributed by atoms with Crippen LogP contribution in [-0.2, 0) is 6.61 Å². The van der Waals surface area contributed by atoms with Crippen LogP contribution in [0.4, 0.5) is 0 Å². The molecule has 0 spiro atoms. The molecule has 0 atom stereocenters. The van der Waals surface area contributed by atoms with E-state index < -0.39 is 5.97 Å². The van der Waals surface area contributed by atoms with Crippen molar-refractivity contribution < 1.29 is 14.6 Å². The van der Waals surface area contributed by atoms with Crippen LogP contribution in [0, 0.1) is 0 Å². The predicted molar refractivity (Wildman–Crippen MR) is 96.2 cm³/mol. The van der Waals surface area contributed by atoms with Crippen LogP contribution in [0.15, 0.2) is 73.1 Å². The molecule has 4 rings (SSSR count). The highest BCUT2D eigenvalue weighted by Crippen LogP contribution is 2.30. The Bertz CT molecular complexity index is 1060. The Morgan fingerprint density at radius 1 is 1.04 bits per heavy atom. The zero-order valence-corrected chi connectivity index (χ0v) is 13.7. The summed E-state index contributed by atoms with van der Waals surface area (Å²) < 4.78 is 7.38. The highest BCUT2D eigenvalue weighted by Gasteiger charge is 2.21. The van der Waals surface area contributed by atoms with E-state index in [4.69, 9.17) is 4.74 Å². The molecule has 0 aliphatic carbocycles. The molecule has 1 N–H and O–H groups in total. The fourth-order valence-electron chi connectivity index (χ4n) is 2.82. The summed E-state index contributed by atoms with van der Waals surface area (Å²) in [7, 11) is 0. The quantitative estimate of drug-likeness (QED) is 0.597. The van der Waals surface area contributed by atoms with E-state index in [-0.39, 0.29) is 23.6 Å². The van der Waals surface area contributed by atoms with Crippen LogP contribution in [0.25, 0.3) is 16.9 Å². The van der Waals surface area contributed by atoms with E-state index in [1.165, 1.54) is 10.8 Å². The van der Waals surface area contributed by atoms with E-state index in [0.717, 1.165) is 11.1 Å². The second-order valence-corrected chi connectivity index (χ2v) is 5.71. The van der Waals surface area contributed by atoms with Gasteiger partial charge in [0.25, 0.3) is 0 Å². The first-order chi connectivity index (χ1) is 12.7. The molecule has 0 aliphatic heterocycles. The van der Waals surface area contributed by atoms with Gasteiger partial charge in [0, 0.05) is 11.6 Å². The summed E-state index contributed by atoms with van der Waals surface area (Å²) in [5.74, 6) is -0.841. The molecule has 26 heavy (non-hydrogen) atoms. The number of carbonyl (C=O) groups is 1. The summed E-state index contributed by atoms with van der Waals surface area (Å²) in [6.45, 7) is 0.264. The predicted octanol–water partition coefficient (Wildman–Crippen LogP) is 3.67. The largest absolute Gasteiger partial charge is 0.488 e. The normalized spacial score (nSPS) is 10.8. The van der Waals surface area contributed by atoms with Gasteiger partial charge in [0.05, 0.1) is 5.69 Å². The van der Waals surface area contributed by atoms with Crippen molar-refractivity contribution in [2.75, 3.05) is 0 Å². The van der Waals surface area contributed by atoms with Crippen molar-refractivity contribution in [1.82, 2.24) is 14.6 Å². The summed E-state index contributed by atoms with van der Waals surface area (Å²) in [6, 6.07) is 20.9. The van der Waals surface area contributed by atoms with Crippen LogP contribution in [0.3, 0.4) is 0 Å². The molecule has 0 radical (unpaired) electrons. The molecule has 2 aromatic carbocycles. The monoisotopic (exact) mass is 345 g/mol. The summed E-state index contributed by atoms with van der Waals surface area (Å²) in [4.78, 5) is 16.0. The molecule has 0 saturated carbocycles. The number of fused-ring (bicyclic) bond motifs is 1. The molecule has 0 amide bonds. The first kappa shape index (κ1) is 15.8. The number of ether oxygens (including phenoxy) is 1. The van der Waals surface area contributed by atoms with E-state index in [2.05, 4.69) is 10.1 Å². The Hall–Kier alpha value is -3.67. The number of aromatic carboxylic acids is 1. The van der Waals surface area contributed by atoms with Crippen molar-refractivity contribution in [2.24, 2.45) is 0 Å². The van der Waals surface area contributed by atoms with E-state index in [1.807, 2.05) is 60.7 Å². The van der Waals surface area contributed by atoms with Crippen LogP contribution in [-0.4, -0.2) is 25.7 Å². The number of nitrogens with zero attached hydrogens (tertiary/aromatic N) is 3. The van der Waals surface area contributed by atoms with Gasteiger partial charge in [0.1, 0.15) is 24.2 Å². The minimum atomic E-state index is -1.11. The second-order valence-electron chi connectivity index (χ2n) is 5.71. The number of hydrogen-bond acceptors (Lipinski definition) is 4. The van der Waals surface area contributed by atoms with Crippen LogP contribution < -0.4 is 4.74 Å². The van der Waals surface area contributed by atoms with E-state index in [9.17, 15) is 9.90 Å². The number of hydrogen-bond donors (Lipinski definition) is 1. The molecule has 0 aliphatic rings. The van der Waals surface area contributed by atoms with Crippen molar-refractivity contribution in [2.45, 2.75) is 6.61 Å². The lowest BCUT2D eigenvalue weighted by Gasteiger charge is -2.13. The number of benzene rings is 2. The molecule has 128 valence electrons. The van der Waals surface area contributed by atoms with Crippen molar-refractivity contribution in [3.05, 3.63) is 84.2 Å². The van der Waals surface area contributed by atoms with Gasteiger partial charge in [0.15, 0.2) is 5.65 Å². The lowest BCUT2D eigenvalue weighted by atomic mass is 10.1. The number of aromatic nitrogens is 3. The lowest BCUT2D eigenvalue weighted by molar-refractivity contribution is 0.0693. The fraction of sp³-hybridized carbons (Fsp3) is 0.0500. The number of rotatable bonds is 5. The second kappa shape index (κ2) is 6.68. The molecule has 0 bridgehead atoms. The van der Waals surface area contributed by atoms with E-state index in [0.29, 0.717) is 5.69 Å². The maximum Gasteiger partial charge on any atom is 0.343 e.